The van der Waals surface area contributed by atoms with Crippen LogP contribution in [0.15, 0.2) is 41.2 Å². The van der Waals surface area contributed by atoms with Crippen LogP contribution in [0.3, 0.4) is 0 Å². The topological polar surface area (TPSA) is 168 Å². The van der Waals surface area contributed by atoms with Gasteiger partial charge in [-0.25, -0.2) is 4.98 Å². The number of aromatic nitrogens is 4. The molecular formula is C21H17Cl3N8O2. The average Bonchev–Trinajstić information content (AvgIpc) is 2.79. The zero-order valence-electron chi connectivity index (χ0n) is 17.3. The first-order valence-corrected chi connectivity index (χ1v) is 10.9. The summed E-state index contributed by atoms with van der Waals surface area (Å²) in [5, 5.41) is 3.74. The van der Waals surface area contributed by atoms with Gasteiger partial charge >= 0.3 is 0 Å². The van der Waals surface area contributed by atoms with Crippen LogP contribution < -0.4 is 28.1 Å². The minimum absolute atomic E-state index is 0.0297. The highest BCUT2D eigenvalue weighted by Crippen LogP contribution is 2.28. The van der Waals surface area contributed by atoms with Gasteiger partial charge in [0, 0.05) is 18.5 Å². The highest BCUT2D eigenvalue weighted by molar-refractivity contribution is 6.39. The lowest BCUT2D eigenvalue weighted by Crippen LogP contribution is -2.26. The number of amides is 1. The van der Waals surface area contributed by atoms with E-state index in [1.165, 1.54) is 16.7 Å². The molecule has 34 heavy (non-hydrogen) atoms. The summed E-state index contributed by atoms with van der Waals surface area (Å²) < 4.78 is 1.35. The molecule has 4 rings (SSSR count). The lowest BCUT2D eigenvalue weighted by atomic mass is 10.1. The number of carbonyl (C=O) groups excluding carboxylic acids is 1. The van der Waals surface area contributed by atoms with Gasteiger partial charge in [0.25, 0.3) is 5.56 Å². The maximum absolute atomic E-state index is 13.5. The van der Waals surface area contributed by atoms with Crippen molar-refractivity contribution in [3.63, 3.8) is 0 Å². The number of nitrogens with one attached hydrogen (secondary N) is 1. The fourth-order valence-electron chi connectivity index (χ4n) is 3.39. The number of halogens is 3. The second kappa shape index (κ2) is 9.34. The number of nitrogens with two attached hydrogens (primary N) is 3. The van der Waals surface area contributed by atoms with Crippen molar-refractivity contribution in [1.29, 1.82) is 0 Å². The van der Waals surface area contributed by atoms with E-state index in [9.17, 15) is 9.59 Å². The Kier molecular flexibility index (Phi) is 6.47. The van der Waals surface area contributed by atoms with Gasteiger partial charge in [-0.1, -0.05) is 40.9 Å². The quantitative estimate of drug-likeness (QED) is 0.301. The van der Waals surface area contributed by atoms with Gasteiger partial charge in [0.15, 0.2) is 5.82 Å². The summed E-state index contributed by atoms with van der Waals surface area (Å²) in [7, 11) is 0. The van der Waals surface area contributed by atoms with Gasteiger partial charge in [-0.05, 0) is 30.3 Å². The van der Waals surface area contributed by atoms with Crippen molar-refractivity contribution in [3.8, 4) is 5.69 Å². The molecular weight excluding hydrogens is 503 g/mol. The highest BCUT2D eigenvalue weighted by Gasteiger charge is 2.18. The van der Waals surface area contributed by atoms with Crippen LogP contribution >= 0.6 is 34.8 Å². The number of benzene rings is 2. The fraction of sp³-hybridized carbons (Fsp3) is 0.0952. The van der Waals surface area contributed by atoms with Crippen molar-refractivity contribution in [2.75, 3.05) is 23.3 Å². The van der Waals surface area contributed by atoms with Crippen LogP contribution in [0.5, 0.6) is 0 Å². The zero-order valence-corrected chi connectivity index (χ0v) is 19.6. The Hall–Kier alpha value is -3.60. The molecule has 13 heteroatoms. The number of nitrogen functional groups attached to an aromatic ring is 2. The van der Waals surface area contributed by atoms with E-state index >= 15 is 0 Å². The third-order valence-corrected chi connectivity index (χ3v) is 5.91. The molecule has 174 valence electrons. The first-order chi connectivity index (χ1) is 16.2. The molecule has 0 saturated heterocycles. The van der Waals surface area contributed by atoms with Gasteiger partial charge in [0.05, 0.1) is 26.6 Å². The Morgan fingerprint density at radius 2 is 1.76 bits per heavy atom. The number of hydrogen-bond donors (Lipinski definition) is 4. The van der Waals surface area contributed by atoms with E-state index in [1.807, 2.05) is 0 Å². The molecule has 0 aliphatic carbocycles. The predicted octanol–water partition coefficient (Wildman–Crippen LogP) is 3.05. The van der Waals surface area contributed by atoms with Crippen LogP contribution in [0, 0.1) is 0 Å². The average molecular weight is 520 g/mol. The first-order valence-electron chi connectivity index (χ1n) is 9.79. The Morgan fingerprint density at radius 3 is 2.50 bits per heavy atom. The van der Waals surface area contributed by atoms with E-state index < -0.39 is 11.5 Å². The van der Waals surface area contributed by atoms with E-state index in [0.29, 0.717) is 11.5 Å². The summed E-state index contributed by atoms with van der Waals surface area (Å²) in [6, 6.07) is 9.38. The maximum atomic E-state index is 13.5. The maximum Gasteiger partial charge on any atom is 0.267 e. The normalized spacial score (nSPS) is 11.0. The molecule has 0 radical (unpaired) electrons. The summed E-state index contributed by atoms with van der Waals surface area (Å²) in [4.78, 5) is 37.7. The van der Waals surface area contributed by atoms with Crippen molar-refractivity contribution in [2.45, 2.75) is 6.42 Å². The van der Waals surface area contributed by atoms with Crippen LogP contribution in [0.4, 0.5) is 17.6 Å². The van der Waals surface area contributed by atoms with Gasteiger partial charge in [0.1, 0.15) is 16.7 Å². The van der Waals surface area contributed by atoms with Gasteiger partial charge in [-0.2, -0.15) is 9.97 Å². The number of rotatable bonds is 6. The Morgan fingerprint density at radius 1 is 1.03 bits per heavy atom. The molecule has 2 aromatic carbocycles. The van der Waals surface area contributed by atoms with Crippen molar-refractivity contribution in [1.82, 2.24) is 19.5 Å². The summed E-state index contributed by atoms with van der Waals surface area (Å²) in [6.07, 6.45) is 0.217. The molecule has 10 nitrogen and oxygen atoms in total. The third kappa shape index (κ3) is 4.43. The lowest BCUT2D eigenvalue weighted by Gasteiger charge is -2.16. The van der Waals surface area contributed by atoms with Crippen LogP contribution in [0.2, 0.25) is 15.1 Å². The summed E-state index contributed by atoms with van der Waals surface area (Å²) in [5.41, 5.74) is 17.2. The van der Waals surface area contributed by atoms with E-state index in [-0.39, 0.29) is 62.1 Å². The van der Waals surface area contributed by atoms with Crippen molar-refractivity contribution >= 4 is 69.2 Å². The molecule has 0 fully saturated rings. The molecule has 7 N–H and O–H groups in total. The molecule has 0 unspecified atom stereocenters. The third-order valence-electron chi connectivity index (χ3n) is 4.92. The summed E-state index contributed by atoms with van der Waals surface area (Å²) in [6.45, 7) is 0.237. The van der Waals surface area contributed by atoms with Crippen molar-refractivity contribution in [2.24, 2.45) is 5.73 Å². The Bertz CT molecular complexity index is 1510. The molecule has 0 bridgehead atoms. The molecule has 0 aliphatic rings. The summed E-state index contributed by atoms with van der Waals surface area (Å²) >= 11 is 18.8. The Balaban J connectivity index is 1.83. The number of nitrogens with zero attached hydrogens (tertiary/aromatic N) is 4. The largest absolute Gasteiger partial charge is 0.382 e. The van der Waals surface area contributed by atoms with Gasteiger partial charge in [-0.15, -0.1) is 0 Å². The molecule has 2 aromatic heterocycles. The van der Waals surface area contributed by atoms with Crippen LogP contribution in [0.1, 0.15) is 16.2 Å². The molecule has 0 spiro atoms. The number of primary amides is 1. The zero-order chi connectivity index (χ0) is 24.6. The monoisotopic (exact) mass is 518 g/mol. The molecule has 0 aliphatic heterocycles. The van der Waals surface area contributed by atoms with Gasteiger partial charge in [0.2, 0.25) is 11.9 Å². The van der Waals surface area contributed by atoms with Crippen molar-refractivity contribution < 1.29 is 4.79 Å². The standard InChI is InChI=1S/C21H17Cl3N8O2/c22-11-4-5-12(23)16-14(11)20(34)32(10-3-1-2-9(8-10)18(26)33)13(29-16)6-7-28-19-15(24)17(25)30-21(27)31-19/h1-5,8H,6-7H2,(H2,26,33)(H5,25,27,28,30,31). The number of hydrogen-bond acceptors (Lipinski definition) is 8. The second-order valence-electron chi connectivity index (χ2n) is 7.14. The fourth-order valence-corrected chi connectivity index (χ4v) is 3.97. The van der Waals surface area contributed by atoms with E-state index in [2.05, 4.69) is 20.3 Å². The molecule has 1 amide bonds. The number of anilines is 3. The minimum Gasteiger partial charge on any atom is -0.382 e. The van der Waals surface area contributed by atoms with Crippen molar-refractivity contribution in [3.05, 3.63) is 73.2 Å². The Labute approximate surface area is 207 Å². The molecule has 0 atom stereocenters. The molecule has 4 aromatic rings. The van der Waals surface area contributed by atoms with E-state index in [4.69, 9.17) is 52.0 Å². The van der Waals surface area contributed by atoms with E-state index in [0.717, 1.165) is 0 Å². The lowest BCUT2D eigenvalue weighted by molar-refractivity contribution is 0.1000. The van der Waals surface area contributed by atoms with Crippen LogP contribution in [-0.4, -0.2) is 32.0 Å². The summed E-state index contributed by atoms with van der Waals surface area (Å²) in [5.74, 6) is -0.0847. The molecule has 2 heterocycles. The number of fused-ring (bicyclic) bond motifs is 1. The van der Waals surface area contributed by atoms with Gasteiger partial charge in [-0.3, -0.25) is 14.2 Å². The highest BCUT2D eigenvalue weighted by atomic mass is 35.5. The smallest absolute Gasteiger partial charge is 0.267 e. The van der Waals surface area contributed by atoms with Crippen LogP contribution in [-0.2, 0) is 6.42 Å². The second-order valence-corrected chi connectivity index (χ2v) is 8.33. The number of carbonyl (C=O) groups is 1. The SMILES string of the molecule is NC(=O)c1cccc(-n2c(CCNc3nc(N)nc(N)c3Cl)nc3c(Cl)ccc(Cl)c3c2=O)c1. The van der Waals surface area contributed by atoms with Gasteiger partial charge < -0.3 is 22.5 Å². The predicted molar refractivity (Wildman–Crippen MR) is 134 cm³/mol. The van der Waals surface area contributed by atoms with Crippen LogP contribution in [0.25, 0.3) is 16.6 Å². The minimum atomic E-state index is -0.637. The molecule has 0 saturated carbocycles. The van der Waals surface area contributed by atoms with E-state index in [1.54, 1.807) is 24.3 Å². The first kappa shape index (κ1) is 23.6.